The summed E-state index contributed by atoms with van der Waals surface area (Å²) in [6.45, 7) is 8.45. The fourth-order valence-corrected chi connectivity index (χ4v) is 3.13. The Morgan fingerprint density at radius 3 is 2.43 bits per heavy atom. The van der Waals surface area contributed by atoms with E-state index < -0.39 is 0 Å². The lowest BCUT2D eigenvalue weighted by Gasteiger charge is -2.26. The van der Waals surface area contributed by atoms with Crippen LogP contribution in [0.15, 0.2) is 30.6 Å². The molecular weight excluding hydrogens is 264 g/mol. The first kappa shape index (κ1) is 14.1. The number of nitrogens with zero attached hydrogens (tertiary/aromatic N) is 3. The largest absolute Gasteiger partial charge is 0.399 e. The number of rotatable bonds is 2. The third-order valence-electron chi connectivity index (χ3n) is 4.02. The van der Waals surface area contributed by atoms with E-state index in [0.29, 0.717) is 0 Å². The van der Waals surface area contributed by atoms with Crippen molar-refractivity contribution in [1.82, 2.24) is 14.8 Å². The predicted octanol–water partition coefficient (Wildman–Crippen LogP) is 3.05. The first-order chi connectivity index (χ1) is 9.77. The van der Waals surface area contributed by atoms with Crippen molar-refractivity contribution in [2.24, 2.45) is 0 Å². The van der Waals surface area contributed by atoms with Gasteiger partial charge >= 0.3 is 0 Å². The van der Waals surface area contributed by atoms with Crippen LogP contribution in [0.4, 0.5) is 5.69 Å². The van der Waals surface area contributed by atoms with Gasteiger partial charge in [0.05, 0.1) is 17.2 Å². The van der Waals surface area contributed by atoms with Crippen LogP contribution < -0.4 is 5.73 Å². The Hall–Kier alpha value is -1.88. The fraction of sp³-hybridized carbons (Fsp3) is 0.500. The maximum Gasteiger partial charge on any atom is 0.181 e. The summed E-state index contributed by atoms with van der Waals surface area (Å²) in [6, 6.07) is 7.79. The monoisotopic (exact) mass is 286 g/mol. The Balaban J connectivity index is 1.90. The average Bonchev–Trinajstić information content (AvgIpc) is 2.92. The van der Waals surface area contributed by atoms with Gasteiger partial charge in [0, 0.05) is 17.7 Å². The van der Waals surface area contributed by atoms with Crippen molar-refractivity contribution in [2.45, 2.75) is 51.4 Å². The molecule has 0 radical (unpaired) electrons. The van der Waals surface area contributed by atoms with E-state index in [1.54, 1.807) is 6.33 Å². The standard InChI is InChI=1S/C16H22N4O/c1-15(2)9-13(16(3,4)21-15)20-10-18-14(19-20)11-5-7-12(17)8-6-11/h5-8,10,13H,9,17H2,1-4H3. The van der Waals surface area contributed by atoms with Gasteiger partial charge in [-0.2, -0.15) is 5.10 Å². The maximum atomic E-state index is 6.13. The van der Waals surface area contributed by atoms with Gasteiger partial charge in [-0.05, 0) is 52.0 Å². The van der Waals surface area contributed by atoms with Crippen molar-refractivity contribution in [3.8, 4) is 11.4 Å². The molecule has 5 heteroatoms. The van der Waals surface area contributed by atoms with Gasteiger partial charge in [0.25, 0.3) is 0 Å². The number of nitrogens with two attached hydrogens (primary N) is 1. The molecule has 1 aromatic carbocycles. The van der Waals surface area contributed by atoms with Crippen LogP contribution in [0, 0.1) is 0 Å². The van der Waals surface area contributed by atoms with Crippen LogP contribution >= 0.6 is 0 Å². The van der Waals surface area contributed by atoms with Crippen LogP contribution in [0.5, 0.6) is 0 Å². The minimum atomic E-state index is -0.254. The van der Waals surface area contributed by atoms with Crippen molar-refractivity contribution < 1.29 is 4.74 Å². The summed E-state index contributed by atoms with van der Waals surface area (Å²) >= 11 is 0. The van der Waals surface area contributed by atoms with Crippen LogP contribution in [0.2, 0.25) is 0 Å². The van der Waals surface area contributed by atoms with Crippen molar-refractivity contribution >= 4 is 5.69 Å². The molecular formula is C16H22N4O. The van der Waals surface area contributed by atoms with Crippen LogP contribution in [0.3, 0.4) is 0 Å². The van der Waals surface area contributed by atoms with Gasteiger partial charge in [-0.25, -0.2) is 9.67 Å². The quantitative estimate of drug-likeness (QED) is 0.862. The number of hydrogen-bond donors (Lipinski definition) is 1. The van der Waals surface area contributed by atoms with Gasteiger partial charge < -0.3 is 10.5 Å². The van der Waals surface area contributed by atoms with E-state index in [2.05, 4.69) is 37.8 Å². The summed E-state index contributed by atoms with van der Waals surface area (Å²) in [5.74, 6) is 0.718. The van der Waals surface area contributed by atoms with E-state index >= 15 is 0 Å². The molecule has 2 heterocycles. The number of aromatic nitrogens is 3. The normalized spacial score (nSPS) is 23.3. The second-order valence-corrected chi connectivity index (χ2v) is 6.86. The second-order valence-electron chi connectivity index (χ2n) is 6.86. The molecule has 1 aliphatic heterocycles. The molecule has 1 saturated heterocycles. The smallest absolute Gasteiger partial charge is 0.181 e. The van der Waals surface area contributed by atoms with Crippen molar-refractivity contribution in [2.75, 3.05) is 5.73 Å². The van der Waals surface area contributed by atoms with Gasteiger partial charge in [-0.15, -0.1) is 0 Å². The SMILES string of the molecule is CC1(C)CC(n2cnc(-c3ccc(N)cc3)n2)C(C)(C)O1. The highest BCUT2D eigenvalue weighted by Gasteiger charge is 2.47. The molecule has 112 valence electrons. The molecule has 1 unspecified atom stereocenters. The lowest BCUT2D eigenvalue weighted by Crippen LogP contribution is -2.31. The van der Waals surface area contributed by atoms with Gasteiger partial charge in [-0.1, -0.05) is 0 Å². The number of hydrogen-bond acceptors (Lipinski definition) is 4. The molecule has 0 aliphatic carbocycles. The third-order valence-corrected chi connectivity index (χ3v) is 4.02. The lowest BCUT2D eigenvalue weighted by molar-refractivity contribution is -0.0737. The number of anilines is 1. The summed E-state index contributed by atoms with van der Waals surface area (Å²) < 4.78 is 8.06. The van der Waals surface area contributed by atoms with E-state index in [1.165, 1.54) is 0 Å². The van der Waals surface area contributed by atoms with E-state index in [0.717, 1.165) is 23.5 Å². The molecule has 0 saturated carbocycles. The van der Waals surface area contributed by atoms with Crippen LogP contribution in [0.1, 0.15) is 40.2 Å². The molecule has 2 aromatic rings. The predicted molar refractivity (Wildman–Crippen MR) is 82.8 cm³/mol. The molecule has 1 aromatic heterocycles. The van der Waals surface area contributed by atoms with Gasteiger partial charge in [-0.3, -0.25) is 0 Å². The number of ether oxygens (including phenoxy) is 1. The summed E-state index contributed by atoms with van der Waals surface area (Å²) in [6.07, 6.45) is 2.72. The van der Waals surface area contributed by atoms with Gasteiger partial charge in [0.15, 0.2) is 5.82 Å². The second kappa shape index (κ2) is 4.56. The topological polar surface area (TPSA) is 66.0 Å². The summed E-state index contributed by atoms with van der Waals surface area (Å²) in [4.78, 5) is 4.43. The highest BCUT2D eigenvalue weighted by molar-refractivity contribution is 5.57. The molecule has 1 aliphatic rings. The zero-order chi connectivity index (χ0) is 15.3. The third kappa shape index (κ3) is 2.65. The van der Waals surface area contributed by atoms with E-state index in [9.17, 15) is 0 Å². The van der Waals surface area contributed by atoms with Gasteiger partial charge in [0.2, 0.25) is 0 Å². The molecule has 5 nitrogen and oxygen atoms in total. The zero-order valence-corrected chi connectivity index (χ0v) is 13.0. The lowest BCUT2D eigenvalue weighted by atomic mass is 9.95. The number of benzene rings is 1. The van der Waals surface area contributed by atoms with E-state index in [1.807, 2.05) is 28.9 Å². The highest BCUT2D eigenvalue weighted by Crippen LogP contribution is 2.44. The maximum absolute atomic E-state index is 6.13. The van der Waals surface area contributed by atoms with E-state index in [4.69, 9.17) is 10.5 Å². The van der Waals surface area contributed by atoms with Crippen molar-refractivity contribution in [3.05, 3.63) is 30.6 Å². The Kier molecular flexibility index (Phi) is 3.06. The molecule has 1 fully saturated rings. The molecule has 0 spiro atoms. The zero-order valence-electron chi connectivity index (χ0n) is 13.0. The first-order valence-electron chi connectivity index (χ1n) is 7.24. The molecule has 1 atom stereocenters. The molecule has 3 rings (SSSR count). The van der Waals surface area contributed by atoms with Crippen LogP contribution in [0.25, 0.3) is 11.4 Å². The molecule has 0 bridgehead atoms. The van der Waals surface area contributed by atoms with Crippen LogP contribution in [-0.4, -0.2) is 26.0 Å². The molecule has 21 heavy (non-hydrogen) atoms. The molecule has 0 amide bonds. The Labute approximate surface area is 125 Å². The summed E-state index contributed by atoms with van der Waals surface area (Å²) in [7, 11) is 0. The first-order valence-corrected chi connectivity index (χ1v) is 7.24. The summed E-state index contributed by atoms with van der Waals surface area (Å²) in [5.41, 5.74) is 7.03. The highest BCUT2D eigenvalue weighted by atomic mass is 16.5. The minimum absolute atomic E-state index is 0.137. The van der Waals surface area contributed by atoms with Gasteiger partial charge in [0.1, 0.15) is 6.33 Å². The van der Waals surface area contributed by atoms with E-state index in [-0.39, 0.29) is 17.2 Å². The fourth-order valence-electron chi connectivity index (χ4n) is 3.13. The Bertz CT molecular complexity index is 643. The van der Waals surface area contributed by atoms with Crippen molar-refractivity contribution in [3.63, 3.8) is 0 Å². The van der Waals surface area contributed by atoms with Crippen molar-refractivity contribution in [1.29, 1.82) is 0 Å². The Morgan fingerprint density at radius 2 is 1.86 bits per heavy atom. The minimum Gasteiger partial charge on any atom is -0.399 e. The Morgan fingerprint density at radius 1 is 1.19 bits per heavy atom. The van der Waals surface area contributed by atoms with Crippen LogP contribution in [-0.2, 0) is 4.74 Å². The average molecular weight is 286 g/mol. The molecule has 2 N–H and O–H groups in total. The summed E-state index contributed by atoms with van der Waals surface area (Å²) in [5, 5.41) is 4.64. The number of nitrogen functional groups attached to an aromatic ring is 1.